The Labute approximate surface area is 101 Å². The summed E-state index contributed by atoms with van der Waals surface area (Å²) in [5.74, 6) is 0. The number of rotatable bonds is 5. The molecule has 0 amide bonds. The fourth-order valence-corrected chi connectivity index (χ4v) is 6.82. The van der Waals surface area contributed by atoms with E-state index in [-0.39, 0.29) is 6.10 Å². The SMILES string of the molecule is CCP(=O)(OC1CCCCC1)O[Si](C)(C)C. The molecule has 0 N–H and O–H groups in total. The fraction of sp³-hybridized carbons (Fsp3) is 1.00. The Hall–Kier alpha value is 0.367. The van der Waals surface area contributed by atoms with Gasteiger partial charge in [-0.2, -0.15) is 0 Å². The van der Waals surface area contributed by atoms with Crippen LogP contribution in [0.15, 0.2) is 0 Å². The van der Waals surface area contributed by atoms with Gasteiger partial charge in [0, 0.05) is 6.16 Å². The Kier molecular flexibility index (Phi) is 5.24. The summed E-state index contributed by atoms with van der Waals surface area (Å²) >= 11 is 0. The smallest absolute Gasteiger partial charge is 0.321 e. The molecule has 16 heavy (non-hydrogen) atoms. The zero-order valence-electron chi connectivity index (χ0n) is 11.0. The van der Waals surface area contributed by atoms with Crippen molar-refractivity contribution in [3.63, 3.8) is 0 Å². The van der Waals surface area contributed by atoms with Crippen molar-refractivity contribution in [2.45, 2.75) is 64.8 Å². The summed E-state index contributed by atoms with van der Waals surface area (Å²) in [6.45, 7) is 8.06. The van der Waals surface area contributed by atoms with Crippen LogP contribution in [0.1, 0.15) is 39.0 Å². The quantitative estimate of drug-likeness (QED) is 0.545. The first kappa shape index (κ1) is 14.4. The molecule has 0 aromatic rings. The molecule has 1 unspecified atom stereocenters. The summed E-state index contributed by atoms with van der Waals surface area (Å²) in [5, 5.41) is 0. The lowest BCUT2D eigenvalue weighted by molar-refractivity contribution is 0.137. The molecule has 1 saturated carbocycles. The molecule has 3 nitrogen and oxygen atoms in total. The van der Waals surface area contributed by atoms with Gasteiger partial charge in [-0.3, -0.25) is 4.57 Å². The predicted molar refractivity (Wildman–Crippen MR) is 70.5 cm³/mol. The maximum absolute atomic E-state index is 12.5. The van der Waals surface area contributed by atoms with Crippen molar-refractivity contribution in [1.82, 2.24) is 0 Å². The molecule has 1 rings (SSSR count). The average molecular weight is 264 g/mol. The van der Waals surface area contributed by atoms with Crippen molar-refractivity contribution >= 4 is 15.9 Å². The van der Waals surface area contributed by atoms with E-state index in [4.69, 9.17) is 8.74 Å². The molecule has 0 aliphatic heterocycles. The van der Waals surface area contributed by atoms with E-state index in [1.54, 1.807) is 0 Å². The molecule has 1 fully saturated rings. The molecule has 5 heteroatoms. The van der Waals surface area contributed by atoms with E-state index in [2.05, 4.69) is 19.6 Å². The van der Waals surface area contributed by atoms with Crippen molar-refractivity contribution in [3.8, 4) is 0 Å². The maximum atomic E-state index is 12.5. The van der Waals surface area contributed by atoms with E-state index in [0.29, 0.717) is 6.16 Å². The average Bonchev–Trinajstić information content (AvgIpc) is 2.16. The second kappa shape index (κ2) is 5.81. The molecule has 0 heterocycles. The number of hydrogen-bond donors (Lipinski definition) is 0. The summed E-state index contributed by atoms with van der Waals surface area (Å²) in [4.78, 5) is 0. The Morgan fingerprint density at radius 3 is 2.19 bits per heavy atom. The highest BCUT2D eigenvalue weighted by atomic mass is 31.2. The van der Waals surface area contributed by atoms with E-state index in [1.165, 1.54) is 19.3 Å². The zero-order chi connectivity index (χ0) is 12.2. The Morgan fingerprint density at radius 1 is 1.19 bits per heavy atom. The van der Waals surface area contributed by atoms with Gasteiger partial charge in [0.2, 0.25) is 0 Å². The molecule has 0 bridgehead atoms. The van der Waals surface area contributed by atoms with Gasteiger partial charge in [-0.25, -0.2) is 0 Å². The van der Waals surface area contributed by atoms with Gasteiger partial charge in [0.05, 0.1) is 6.10 Å². The maximum Gasteiger partial charge on any atom is 0.321 e. The van der Waals surface area contributed by atoms with Crippen LogP contribution in [0.5, 0.6) is 0 Å². The van der Waals surface area contributed by atoms with Gasteiger partial charge >= 0.3 is 7.60 Å². The van der Waals surface area contributed by atoms with Crippen molar-refractivity contribution in [2.75, 3.05) is 6.16 Å². The lowest BCUT2D eigenvalue weighted by atomic mass is 9.98. The Balaban J connectivity index is 2.55. The fourth-order valence-electron chi connectivity index (χ4n) is 1.98. The van der Waals surface area contributed by atoms with Gasteiger partial charge in [-0.05, 0) is 32.5 Å². The zero-order valence-corrected chi connectivity index (χ0v) is 12.9. The minimum Gasteiger partial charge on any atom is -0.351 e. The topological polar surface area (TPSA) is 35.5 Å². The molecule has 0 saturated heterocycles. The highest BCUT2D eigenvalue weighted by Crippen LogP contribution is 2.52. The van der Waals surface area contributed by atoms with Crippen LogP contribution in [0.4, 0.5) is 0 Å². The van der Waals surface area contributed by atoms with Crippen molar-refractivity contribution in [1.29, 1.82) is 0 Å². The third kappa shape index (κ3) is 5.13. The molecule has 0 spiro atoms. The first-order valence-electron chi connectivity index (χ1n) is 6.33. The van der Waals surface area contributed by atoms with Crippen LogP contribution in [-0.2, 0) is 13.3 Å². The normalized spacial score (nSPS) is 23.0. The van der Waals surface area contributed by atoms with Crippen LogP contribution in [-0.4, -0.2) is 20.6 Å². The second-order valence-electron chi connectivity index (χ2n) is 5.50. The molecule has 0 aromatic heterocycles. The summed E-state index contributed by atoms with van der Waals surface area (Å²) in [6.07, 6.45) is 6.41. The third-order valence-corrected chi connectivity index (χ3v) is 7.36. The second-order valence-corrected chi connectivity index (χ2v) is 12.5. The summed E-state index contributed by atoms with van der Waals surface area (Å²) in [7, 11) is -4.61. The van der Waals surface area contributed by atoms with Crippen LogP contribution >= 0.6 is 7.60 Å². The molecule has 1 aliphatic carbocycles. The first-order valence-corrected chi connectivity index (χ1v) is 11.5. The summed E-state index contributed by atoms with van der Waals surface area (Å²) in [5.41, 5.74) is 0. The summed E-state index contributed by atoms with van der Waals surface area (Å²) < 4.78 is 24.0. The highest BCUT2D eigenvalue weighted by Gasteiger charge is 2.33. The van der Waals surface area contributed by atoms with Crippen molar-refractivity contribution in [2.24, 2.45) is 0 Å². The van der Waals surface area contributed by atoms with Crippen LogP contribution in [0.2, 0.25) is 19.6 Å². The monoisotopic (exact) mass is 264 g/mol. The third-order valence-electron chi connectivity index (χ3n) is 2.66. The summed E-state index contributed by atoms with van der Waals surface area (Å²) in [6, 6.07) is 0. The lowest BCUT2D eigenvalue weighted by Crippen LogP contribution is -2.26. The van der Waals surface area contributed by atoms with Gasteiger partial charge in [-0.15, -0.1) is 0 Å². The van der Waals surface area contributed by atoms with Gasteiger partial charge in [0.25, 0.3) is 0 Å². The minimum atomic E-state index is -2.83. The standard InChI is InChI=1S/C11H25O3PSi/c1-5-15(12,14-16(2,3)4)13-11-9-7-6-8-10-11/h11H,5-10H2,1-4H3. The molecular weight excluding hydrogens is 239 g/mol. The van der Waals surface area contributed by atoms with Crippen LogP contribution in [0.25, 0.3) is 0 Å². The molecule has 96 valence electrons. The van der Waals surface area contributed by atoms with Gasteiger partial charge in [0.1, 0.15) is 0 Å². The first-order chi connectivity index (χ1) is 7.35. The van der Waals surface area contributed by atoms with Crippen molar-refractivity contribution < 1.29 is 13.3 Å². The molecule has 0 radical (unpaired) electrons. The van der Waals surface area contributed by atoms with Gasteiger partial charge in [0.15, 0.2) is 8.32 Å². The molecule has 1 atom stereocenters. The molecular formula is C11H25O3PSi. The van der Waals surface area contributed by atoms with Crippen LogP contribution in [0.3, 0.4) is 0 Å². The lowest BCUT2D eigenvalue weighted by Gasteiger charge is -2.30. The minimum absolute atomic E-state index is 0.163. The van der Waals surface area contributed by atoms with Crippen LogP contribution in [0, 0.1) is 0 Å². The van der Waals surface area contributed by atoms with E-state index < -0.39 is 15.9 Å². The number of hydrogen-bond acceptors (Lipinski definition) is 3. The van der Waals surface area contributed by atoms with Crippen LogP contribution < -0.4 is 0 Å². The molecule has 0 aromatic carbocycles. The Morgan fingerprint density at radius 2 is 1.75 bits per heavy atom. The van der Waals surface area contributed by atoms with E-state index >= 15 is 0 Å². The highest BCUT2D eigenvalue weighted by molar-refractivity contribution is 7.55. The Bertz CT molecular complexity index is 256. The van der Waals surface area contributed by atoms with Crippen molar-refractivity contribution in [3.05, 3.63) is 0 Å². The van der Waals surface area contributed by atoms with Gasteiger partial charge < -0.3 is 8.74 Å². The largest absolute Gasteiger partial charge is 0.351 e. The predicted octanol–water partition coefficient (Wildman–Crippen LogP) is 4.40. The van der Waals surface area contributed by atoms with E-state index in [0.717, 1.165) is 12.8 Å². The van der Waals surface area contributed by atoms with E-state index in [9.17, 15) is 4.57 Å². The van der Waals surface area contributed by atoms with Gasteiger partial charge in [-0.1, -0.05) is 26.2 Å². The van der Waals surface area contributed by atoms with E-state index in [1.807, 2.05) is 6.92 Å². The molecule has 1 aliphatic rings.